The van der Waals surface area contributed by atoms with Crippen molar-refractivity contribution in [3.63, 3.8) is 0 Å². The van der Waals surface area contributed by atoms with Crippen LogP contribution in [0.15, 0.2) is 6.20 Å². The molecule has 0 saturated carbocycles. The molecule has 100 valence electrons. The Kier molecular flexibility index (Phi) is 3.98. The van der Waals surface area contributed by atoms with E-state index in [4.69, 9.17) is 9.84 Å². The van der Waals surface area contributed by atoms with E-state index in [0.29, 0.717) is 25.3 Å². The first-order valence-electron chi connectivity index (χ1n) is 6.20. The minimum atomic E-state index is -0.274. The third-order valence-corrected chi connectivity index (χ3v) is 3.10. The lowest BCUT2D eigenvalue weighted by Gasteiger charge is -2.32. The summed E-state index contributed by atoms with van der Waals surface area (Å²) in [5, 5.41) is 13.4. The monoisotopic (exact) mass is 253 g/mol. The van der Waals surface area contributed by atoms with Gasteiger partial charge in [0.1, 0.15) is 0 Å². The number of rotatable bonds is 3. The molecule has 1 aliphatic heterocycles. The quantitative estimate of drug-likeness (QED) is 0.811. The summed E-state index contributed by atoms with van der Waals surface area (Å²) in [6.45, 7) is 3.39. The number of nitrogens with zero attached hydrogens (tertiary/aromatic N) is 3. The van der Waals surface area contributed by atoms with Gasteiger partial charge in [-0.3, -0.25) is 9.48 Å². The van der Waals surface area contributed by atoms with Crippen LogP contribution in [0.2, 0.25) is 0 Å². The van der Waals surface area contributed by atoms with E-state index in [2.05, 4.69) is 5.10 Å². The highest BCUT2D eigenvalue weighted by Crippen LogP contribution is 2.14. The van der Waals surface area contributed by atoms with Gasteiger partial charge < -0.3 is 14.7 Å². The number of ether oxygens (including phenoxy) is 1. The number of aliphatic hydroxyl groups excluding tert-OH is 1. The van der Waals surface area contributed by atoms with Crippen LogP contribution in [0.5, 0.6) is 0 Å². The van der Waals surface area contributed by atoms with Gasteiger partial charge in [-0.25, -0.2) is 0 Å². The third kappa shape index (κ3) is 2.54. The molecule has 1 N–H and O–H groups in total. The summed E-state index contributed by atoms with van der Waals surface area (Å²) in [4.78, 5) is 14.1. The zero-order valence-corrected chi connectivity index (χ0v) is 10.8. The van der Waals surface area contributed by atoms with Crippen LogP contribution >= 0.6 is 0 Å². The molecule has 0 spiro atoms. The number of carbonyl (C=O) groups is 1. The Morgan fingerprint density at radius 3 is 3.11 bits per heavy atom. The van der Waals surface area contributed by atoms with E-state index in [0.717, 1.165) is 12.1 Å². The van der Waals surface area contributed by atoms with Crippen LogP contribution < -0.4 is 0 Å². The Morgan fingerprint density at radius 1 is 1.67 bits per heavy atom. The van der Waals surface area contributed by atoms with E-state index in [9.17, 15) is 4.79 Å². The minimum Gasteiger partial charge on any atom is -0.394 e. The molecule has 1 aromatic heterocycles. The van der Waals surface area contributed by atoms with Crippen molar-refractivity contribution in [2.75, 3.05) is 26.3 Å². The highest BCUT2D eigenvalue weighted by atomic mass is 16.5. The second-order valence-corrected chi connectivity index (χ2v) is 4.44. The van der Waals surface area contributed by atoms with Crippen molar-refractivity contribution in [1.29, 1.82) is 0 Å². The number of aryl methyl sites for hydroxylation is 2. The molecule has 1 atom stereocenters. The van der Waals surface area contributed by atoms with E-state index < -0.39 is 0 Å². The second kappa shape index (κ2) is 5.49. The van der Waals surface area contributed by atoms with Crippen molar-refractivity contribution in [2.24, 2.45) is 7.05 Å². The average Bonchev–Trinajstić information content (AvgIpc) is 2.79. The van der Waals surface area contributed by atoms with Crippen LogP contribution in [-0.2, 0) is 18.2 Å². The minimum absolute atomic E-state index is 0.0262. The molecule has 1 unspecified atom stereocenters. The Labute approximate surface area is 106 Å². The van der Waals surface area contributed by atoms with E-state index in [1.165, 1.54) is 0 Å². The molecule has 2 heterocycles. The number of hydrogen-bond acceptors (Lipinski definition) is 4. The fourth-order valence-electron chi connectivity index (χ4n) is 2.16. The van der Waals surface area contributed by atoms with Crippen LogP contribution in [0.3, 0.4) is 0 Å². The number of hydrogen-bond donors (Lipinski definition) is 1. The smallest absolute Gasteiger partial charge is 0.257 e. The molecule has 0 aromatic carbocycles. The Morgan fingerprint density at radius 2 is 2.44 bits per heavy atom. The predicted octanol–water partition coefficient (Wildman–Crippen LogP) is -0.184. The largest absolute Gasteiger partial charge is 0.394 e. The fourth-order valence-corrected chi connectivity index (χ4v) is 2.16. The number of amides is 1. The highest BCUT2D eigenvalue weighted by molar-refractivity contribution is 5.95. The normalized spacial score (nSPS) is 20.2. The molecule has 0 radical (unpaired) electrons. The predicted molar refractivity (Wildman–Crippen MR) is 65.3 cm³/mol. The van der Waals surface area contributed by atoms with Gasteiger partial charge >= 0.3 is 0 Å². The van der Waals surface area contributed by atoms with Gasteiger partial charge in [0.2, 0.25) is 0 Å². The summed E-state index contributed by atoms with van der Waals surface area (Å²) >= 11 is 0. The molecule has 2 rings (SSSR count). The van der Waals surface area contributed by atoms with Crippen molar-refractivity contribution >= 4 is 5.91 Å². The molecule has 1 aromatic rings. The first kappa shape index (κ1) is 13.0. The molecule has 6 heteroatoms. The molecule has 1 aliphatic rings. The summed E-state index contributed by atoms with van der Waals surface area (Å²) < 4.78 is 7.00. The number of carbonyl (C=O) groups excluding carboxylic acids is 1. The topological polar surface area (TPSA) is 67.6 Å². The van der Waals surface area contributed by atoms with Crippen molar-refractivity contribution in [2.45, 2.75) is 19.4 Å². The Balaban J connectivity index is 2.14. The van der Waals surface area contributed by atoms with Crippen LogP contribution in [0.1, 0.15) is 23.0 Å². The second-order valence-electron chi connectivity index (χ2n) is 4.44. The van der Waals surface area contributed by atoms with Gasteiger partial charge in [0.15, 0.2) is 0 Å². The lowest BCUT2D eigenvalue weighted by atomic mass is 10.1. The first-order valence-corrected chi connectivity index (χ1v) is 6.20. The summed E-state index contributed by atoms with van der Waals surface area (Å²) in [6.07, 6.45) is 2.21. The van der Waals surface area contributed by atoms with Crippen LogP contribution in [0.4, 0.5) is 0 Å². The van der Waals surface area contributed by atoms with E-state index >= 15 is 0 Å². The average molecular weight is 253 g/mol. The molecule has 18 heavy (non-hydrogen) atoms. The first-order chi connectivity index (χ1) is 8.65. The number of aromatic nitrogens is 2. The maximum absolute atomic E-state index is 12.4. The molecule has 1 fully saturated rings. The maximum Gasteiger partial charge on any atom is 0.257 e. The third-order valence-electron chi connectivity index (χ3n) is 3.10. The summed E-state index contributed by atoms with van der Waals surface area (Å²) in [5.74, 6) is -0.0262. The van der Waals surface area contributed by atoms with Gasteiger partial charge in [0.05, 0.1) is 30.6 Å². The summed E-state index contributed by atoms with van der Waals surface area (Å²) in [6, 6.07) is 0. The standard InChI is InChI=1S/C12H19N3O3/c1-3-11-10(7-14(2)13-11)12(17)15-4-5-18-9(6-15)8-16/h7,9,16H,3-6,8H2,1-2H3. The molecular weight excluding hydrogens is 234 g/mol. The zero-order valence-electron chi connectivity index (χ0n) is 10.8. The van der Waals surface area contributed by atoms with Gasteiger partial charge in [-0.1, -0.05) is 6.92 Å². The van der Waals surface area contributed by atoms with Gasteiger partial charge in [-0.05, 0) is 6.42 Å². The van der Waals surface area contributed by atoms with Gasteiger partial charge in [-0.2, -0.15) is 5.10 Å². The molecule has 0 bridgehead atoms. The van der Waals surface area contributed by atoms with Crippen molar-refractivity contribution in [1.82, 2.24) is 14.7 Å². The maximum atomic E-state index is 12.4. The van der Waals surface area contributed by atoms with E-state index in [1.54, 1.807) is 15.8 Å². The van der Waals surface area contributed by atoms with Crippen molar-refractivity contribution in [3.8, 4) is 0 Å². The molecular formula is C12H19N3O3. The van der Waals surface area contributed by atoms with Crippen molar-refractivity contribution < 1.29 is 14.6 Å². The van der Waals surface area contributed by atoms with E-state index in [1.807, 2.05) is 14.0 Å². The Hall–Kier alpha value is -1.40. The van der Waals surface area contributed by atoms with Crippen LogP contribution in [0.25, 0.3) is 0 Å². The lowest BCUT2D eigenvalue weighted by Crippen LogP contribution is -2.47. The fraction of sp³-hybridized carbons (Fsp3) is 0.667. The molecule has 1 saturated heterocycles. The molecule has 6 nitrogen and oxygen atoms in total. The summed E-state index contributed by atoms with van der Waals surface area (Å²) in [7, 11) is 1.81. The number of morpholine rings is 1. The molecule has 1 amide bonds. The summed E-state index contributed by atoms with van der Waals surface area (Å²) in [5.41, 5.74) is 1.47. The highest BCUT2D eigenvalue weighted by Gasteiger charge is 2.26. The molecule has 0 aliphatic carbocycles. The Bertz CT molecular complexity index is 430. The SMILES string of the molecule is CCc1nn(C)cc1C(=O)N1CCOC(CO)C1. The van der Waals surface area contributed by atoms with E-state index in [-0.39, 0.29) is 18.6 Å². The van der Waals surface area contributed by atoms with Crippen molar-refractivity contribution in [3.05, 3.63) is 17.5 Å². The van der Waals surface area contributed by atoms with Gasteiger partial charge in [-0.15, -0.1) is 0 Å². The van der Waals surface area contributed by atoms with Gasteiger partial charge in [0.25, 0.3) is 5.91 Å². The number of aliphatic hydroxyl groups is 1. The zero-order chi connectivity index (χ0) is 13.1. The van der Waals surface area contributed by atoms with Crippen LogP contribution in [-0.4, -0.2) is 58.1 Å². The van der Waals surface area contributed by atoms with Gasteiger partial charge in [0, 0.05) is 26.3 Å². The lowest BCUT2D eigenvalue weighted by molar-refractivity contribution is -0.0447. The van der Waals surface area contributed by atoms with Crippen LogP contribution in [0, 0.1) is 0 Å².